The molecule has 3 rings (SSSR count). The molecule has 82 valence electrons. The summed E-state index contributed by atoms with van der Waals surface area (Å²) in [6, 6.07) is 11.9. The van der Waals surface area contributed by atoms with Gasteiger partial charge in [0.25, 0.3) is 0 Å². The lowest BCUT2D eigenvalue weighted by Crippen LogP contribution is -1.85. The summed E-state index contributed by atoms with van der Waals surface area (Å²) in [6.45, 7) is 0. The van der Waals surface area contributed by atoms with Gasteiger partial charge in [0, 0.05) is 28.9 Å². The lowest BCUT2D eigenvalue weighted by atomic mass is 10.2. The molecule has 0 unspecified atom stereocenters. The van der Waals surface area contributed by atoms with Crippen molar-refractivity contribution in [1.29, 1.82) is 0 Å². The third-order valence-corrected chi connectivity index (χ3v) is 3.28. The van der Waals surface area contributed by atoms with Crippen LogP contribution in [0.25, 0.3) is 10.9 Å². The van der Waals surface area contributed by atoms with E-state index in [0.717, 1.165) is 21.0 Å². The fourth-order valence-electron chi connectivity index (χ4n) is 1.60. The SMILES string of the molecule is c1cnc(Sc2cccc3cccnc23)nc1. The molecule has 1 aromatic carbocycles. The zero-order chi connectivity index (χ0) is 11.5. The summed E-state index contributed by atoms with van der Waals surface area (Å²) in [6.07, 6.45) is 5.29. The summed E-state index contributed by atoms with van der Waals surface area (Å²) in [5, 5.41) is 1.87. The number of pyridine rings is 1. The maximum absolute atomic E-state index is 4.40. The smallest absolute Gasteiger partial charge is 0.192 e. The molecule has 0 saturated carbocycles. The van der Waals surface area contributed by atoms with Crippen LogP contribution in [-0.2, 0) is 0 Å². The second-order valence-electron chi connectivity index (χ2n) is 3.46. The van der Waals surface area contributed by atoms with E-state index in [4.69, 9.17) is 0 Å². The zero-order valence-corrected chi connectivity index (χ0v) is 9.76. The molecule has 4 heteroatoms. The Morgan fingerprint density at radius 1 is 0.765 bits per heavy atom. The highest BCUT2D eigenvalue weighted by molar-refractivity contribution is 7.99. The van der Waals surface area contributed by atoms with E-state index in [9.17, 15) is 0 Å². The van der Waals surface area contributed by atoms with Gasteiger partial charge in [-0.1, -0.05) is 18.2 Å². The Balaban J connectivity index is 2.06. The van der Waals surface area contributed by atoms with E-state index in [2.05, 4.69) is 27.1 Å². The predicted octanol–water partition coefficient (Wildman–Crippen LogP) is 3.18. The molecule has 0 fully saturated rings. The number of fused-ring (bicyclic) bond motifs is 1. The highest BCUT2D eigenvalue weighted by Gasteiger charge is 2.04. The first kappa shape index (κ1) is 10.2. The van der Waals surface area contributed by atoms with Gasteiger partial charge in [0.15, 0.2) is 5.16 Å². The third-order valence-electron chi connectivity index (χ3n) is 2.34. The molecule has 3 aromatic rings. The van der Waals surface area contributed by atoms with Crippen molar-refractivity contribution in [1.82, 2.24) is 15.0 Å². The summed E-state index contributed by atoms with van der Waals surface area (Å²) >= 11 is 1.53. The number of nitrogens with zero attached hydrogens (tertiary/aromatic N) is 3. The number of aromatic nitrogens is 3. The number of hydrogen-bond donors (Lipinski definition) is 0. The number of rotatable bonds is 2. The first-order valence-electron chi connectivity index (χ1n) is 5.22. The maximum Gasteiger partial charge on any atom is 0.192 e. The molecule has 0 spiro atoms. The summed E-state index contributed by atoms with van der Waals surface area (Å²) in [4.78, 5) is 13.9. The molecule has 2 aromatic heterocycles. The van der Waals surface area contributed by atoms with E-state index < -0.39 is 0 Å². The van der Waals surface area contributed by atoms with Gasteiger partial charge in [0.1, 0.15) is 0 Å². The minimum Gasteiger partial charge on any atom is -0.255 e. The molecular formula is C13H9N3S. The Morgan fingerprint density at radius 3 is 2.41 bits per heavy atom. The Hall–Kier alpha value is -1.94. The van der Waals surface area contributed by atoms with E-state index in [0.29, 0.717) is 0 Å². The second kappa shape index (κ2) is 4.51. The minimum absolute atomic E-state index is 0.741. The van der Waals surface area contributed by atoms with Gasteiger partial charge in [-0.25, -0.2) is 9.97 Å². The van der Waals surface area contributed by atoms with Crippen LogP contribution < -0.4 is 0 Å². The third kappa shape index (κ3) is 2.12. The van der Waals surface area contributed by atoms with E-state index in [1.54, 1.807) is 18.6 Å². The van der Waals surface area contributed by atoms with Crippen LogP contribution in [0.4, 0.5) is 0 Å². The van der Waals surface area contributed by atoms with Crippen molar-refractivity contribution in [2.24, 2.45) is 0 Å². The van der Waals surface area contributed by atoms with Crippen LogP contribution >= 0.6 is 11.8 Å². The molecule has 0 N–H and O–H groups in total. The normalized spacial score (nSPS) is 10.6. The molecule has 17 heavy (non-hydrogen) atoms. The van der Waals surface area contributed by atoms with Crippen molar-refractivity contribution in [3.05, 3.63) is 55.0 Å². The average Bonchev–Trinajstić information content (AvgIpc) is 2.40. The zero-order valence-electron chi connectivity index (χ0n) is 8.95. The van der Waals surface area contributed by atoms with Gasteiger partial charge in [0.05, 0.1) is 5.52 Å². The summed E-state index contributed by atoms with van der Waals surface area (Å²) in [7, 11) is 0. The van der Waals surface area contributed by atoms with Crippen LogP contribution in [0.2, 0.25) is 0 Å². The van der Waals surface area contributed by atoms with Crippen molar-refractivity contribution in [2.75, 3.05) is 0 Å². The lowest BCUT2D eigenvalue weighted by molar-refractivity contribution is 0.967. The molecule has 0 saturated heterocycles. The molecular weight excluding hydrogens is 230 g/mol. The predicted molar refractivity (Wildman–Crippen MR) is 67.9 cm³/mol. The molecule has 0 aliphatic heterocycles. The van der Waals surface area contributed by atoms with Crippen molar-refractivity contribution in [2.45, 2.75) is 10.1 Å². The first-order valence-corrected chi connectivity index (χ1v) is 6.04. The Bertz CT molecular complexity index is 635. The molecule has 0 atom stereocenters. The Kier molecular flexibility index (Phi) is 2.71. The van der Waals surface area contributed by atoms with E-state index in [-0.39, 0.29) is 0 Å². The standard InChI is InChI=1S/C13H9N3S/c1-4-10-5-2-7-14-12(10)11(6-1)17-13-15-8-3-9-16-13/h1-9H. The van der Waals surface area contributed by atoms with Crippen LogP contribution in [0.5, 0.6) is 0 Å². The van der Waals surface area contributed by atoms with Gasteiger partial charge >= 0.3 is 0 Å². The highest BCUT2D eigenvalue weighted by Crippen LogP contribution is 2.29. The van der Waals surface area contributed by atoms with E-state index >= 15 is 0 Å². The second-order valence-corrected chi connectivity index (χ2v) is 4.47. The van der Waals surface area contributed by atoms with Gasteiger partial charge < -0.3 is 0 Å². The fraction of sp³-hybridized carbons (Fsp3) is 0. The molecule has 0 bridgehead atoms. The largest absolute Gasteiger partial charge is 0.255 e. The summed E-state index contributed by atoms with van der Waals surface area (Å²) in [5.41, 5.74) is 0.993. The molecule has 0 aliphatic carbocycles. The number of benzene rings is 1. The Morgan fingerprint density at radius 2 is 1.53 bits per heavy atom. The Labute approximate surface area is 103 Å². The van der Waals surface area contributed by atoms with E-state index in [1.165, 1.54) is 11.8 Å². The average molecular weight is 239 g/mol. The quantitative estimate of drug-likeness (QED) is 0.644. The lowest BCUT2D eigenvalue weighted by Gasteiger charge is -2.03. The van der Waals surface area contributed by atoms with Crippen molar-refractivity contribution < 1.29 is 0 Å². The van der Waals surface area contributed by atoms with Crippen molar-refractivity contribution in [3.63, 3.8) is 0 Å². The molecule has 2 heterocycles. The minimum atomic E-state index is 0.741. The fourth-order valence-corrected chi connectivity index (χ4v) is 2.43. The van der Waals surface area contributed by atoms with Crippen LogP contribution in [-0.4, -0.2) is 15.0 Å². The molecule has 3 nitrogen and oxygen atoms in total. The highest BCUT2D eigenvalue weighted by atomic mass is 32.2. The topological polar surface area (TPSA) is 38.7 Å². The number of para-hydroxylation sites is 1. The summed E-state index contributed by atoms with van der Waals surface area (Å²) < 4.78 is 0. The van der Waals surface area contributed by atoms with Crippen LogP contribution in [0.3, 0.4) is 0 Å². The molecule has 0 amide bonds. The van der Waals surface area contributed by atoms with Crippen LogP contribution in [0.1, 0.15) is 0 Å². The number of hydrogen-bond acceptors (Lipinski definition) is 4. The van der Waals surface area contributed by atoms with Crippen molar-refractivity contribution in [3.8, 4) is 0 Å². The van der Waals surface area contributed by atoms with Crippen LogP contribution in [0, 0.1) is 0 Å². The van der Waals surface area contributed by atoms with Gasteiger partial charge in [-0.05, 0) is 30.0 Å². The maximum atomic E-state index is 4.40. The van der Waals surface area contributed by atoms with Crippen LogP contribution in [0.15, 0.2) is 65.0 Å². The first-order chi connectivity index (χ1) is 8.43. The van der Waals surface area contributed by atoms with Crippen molar-refractivity contribution >= 4 is 22.7 Å². The molecule has 0 radical (unpaired) electrons. The van der Waals surface area contributed by atoms with E-state index in [1.807, 2.05) is 24.3 Å². The van der Waals surface area contributed by atoms with Gasteiger partial charge in [-0.3, -0.25) is 4.98 Å². The monoisotopic (exact) mass is 239 g/mol. The molecule has 0 aliphatic rings. The van der Waals surface area contributed by atoms with Gasteiger partial charge in [0.2, 0.25) is 0 Å². The van der Waals surface area contributed by atoms with Gasteiger partial charge in [-0.2, -0.15) is 0 Å². The van der Waals surface area contributed by atoms with Gasteiger partial charge in [-0.15, -0.1) is 0 Å². The summed E-state index contributed by atoms with van der Waals surface area (Å²) in [5.74, 6) is 0.